The highest BCUT2D eigenvalue weighted by molar-refractivity contribution is 5.13. The molecular formula is C13H16O. The van der Waals surface area contributed by atoms with E-state index in [9.17, 15) is 0 Å². The Labute approximate surface area is 85.4 Å². The molecule has 74 valence electrons. The normalized spacial score (nSPS) is 20.1. The molecule has 0 aromatic heterocycles. The zero-order chi connectivity index (χ0) is 9.64. The zero-order valence-electron chi connectivity index (χ0n) is 8.36. The number of hydrogen-bond donors (Lipinski definition) is 0. The number of allylic oxidation sites excluding steroid dienone is 1. The first-order valence-corrected chi connectivity index (χ1v) is 5.23. The summed E-state index contributed by atoms with van der Waals surface area (Å²) in [6.07, 6.45) is 7.00. The third-order valence-electron chi connectivity index (χ3n) is 2.56. The van der Waals surface area contributed by atoms with Crippen LogP contribution in [0.15, 0.2) is 42.5 Å². The van der Waals surface area contributed by atoms with E-state index in [1.165, 1.54) is 18.4 Å². The Morgan fingerprint density at radius 1 is 1.21 bits per heavy atom. The van der Waals surface area contributed by atoms with Gasteiger partial charge in [0.25, 0.3) is 0 Å². The van der Waals surface area contributed by atoms with Crippen LogP contribution in [0.1, 0.15) is 18.4 Å². The first-order chi connectivity index (χ1) is 6.95. The summed E-state index contributed by atoms with van der Waals surface area (Å²) >= 11 is 0. The predicted octanol–water partition coefficient (Wildman–Crippen LogP) is 3.17. The van der Waals surface area contributed by atoms with Gasteiger partial charge in [-0.25, -0.2) is 0 Å². The van der Waals surface area contributed by atoms with Gasteiger partial charge in [0.15, 0.2) is 0 Å². The Balaban J connectivity index is 1.70. The molecule has 2 rings (SSSR count). The monoisotopic (exact) mass is 188 g/mol. The first-order valence-electron chi connectivity index (χ1n) is 5.23. The van der Waals surface area contributed by atoms with Gasteiger partial charge < -0.3 is 4.74 Å². The second-order valence-electron chi connectivity index (χ2n) is 3.77. The smallest absolute Gasteiger partial charge is 0.0717 e. The van der Waals surface area contributed by atoms with E-state index in [4.69, 9.17) is 4.74 Å². The molecule has 0 fully saturated rings. The Kier molecular flexibility index (Phi) is 3.36. The molecule has 1 nitrogen and oxygen atoms in total. The number of benzene rings is 1. The molecule has 0 saturated carbocycles. The molecule has 0 aliphatic heterocycles. The largest absolute Gasteiger partial charge is 0.376 e. The molecule has 0 bridgehead atoms. The lowest BCUT2D eigenvalue weighted by molar-refractivity contribution is 0.0994. The Morgan fingerprint density at radius 3 is 2.79 bits per heavy atom. The Hall–Kier alpha value is -1.08. The van der Waals surface area contributed by atoms with Crippen molar-refractivity contribution >= 4 is 0 Å². The van der Waals surface area contributed by atoms with E-state index < -0.39 is 0 Å². The summed E-state index contributed by atoms with van der Waals surface area (Å²) in [7, 11) is 0. The maximum absolute atomic E-state index is 5.65. The van der Waals surface area contributed by atoms with E-state index in [0.29, 0.717) is 5.92 Å². The SMILES string of the molecule is C1=CC(COCc2ccccc2)CC1. The summed E-state index contributed by atoms with van der Waals surface area (Å²) in [5.74, 6) is 0.652. The highest BCUT2D eigenvalue weighted by Crippen LogP contribution is 2.17. The number of ether oxygens (including phenoxy) is 1. The maximum atomic E-state index is 5.65. The van der Waals surface area contributed by atoms with Gasteiger partial charge in [0, 0.05) is 5.92 Å². The minimum Gasteiger partial charge on any atom is -0.376 e. The van der Waals surface area contributed by atoms with Crippen LogP contribution in [0.2, 0.25) is 0 Å². The molecule has 1 aromatic rings. The number of hydrogen-bond acceptors (Lipinski definition) is 1. The minimum atomic E-state index is 0.652. The molecular weight excluding hydrogens is 172 g/mol. The van der Waals surface area contributed by atoms with Crippen LogP contribution >= 0.6 is 0 Å². The van der Waals surface area contributed by atoms with Crippen molar-refractivity contribution in [3.63, 3.8) is 0 Å². The van der Waals surface area contributed by atoms with Gasteiger partial charge >= 0.3 is 0 Å². The molecule has 1 aliphatic carbocycles. The van der Waals surface area contributed by atoms with Crippen LogP contribution in [0.5, 0.6) is 0 Å². The van der Waals surface area contributed by atoms with Gasteiger partial charge in [-0.1, -0.05) is 42.5 Å². The zero-order valence-corrected chi connectivity index (χ0v) is 8.36. The summed E-state index contributed by atoms with van der Waals surface area (Å²) < 4.78 is 5.65. The minimum absolute atomic E-state index is 0.652. The predicted molar refractivity (Wildman–Crippen MR) is 58.0 cm³/mol. The molecule has 14 heavy (non-hydrogen) atoms. The Bertz CT molecular complexity index is 289. The van der Waals surface area contributed by atoms with Crippen molar-refractivity contribution < 1.29 is 4.74 Å². The molecule has 0 spiro atoms. The second kappa shape index (κ2) is 4.97. The lowest BCUT2D eigenvalue weighted by atomic mass is 10.1. The number of rotatable bonds is 4. The summed E-state index contributed by atoms with van der Waals surface area (Å²) in [4.78, 5) is 0. The molecule has 0 N–H and O–H groups in total. The van der Waals surface area contributed by atoms with Crippen LogP contribution in [0.25, 0.3) is 0 Å². The standard InChI is InChI=1S/C13H16O/c1-2-6-12(7-3-1)10-14-11-13-8-4-5-9-13/h1-4,6-8,13H,5,9-11H2. The second-order valence-corrected chi connectivity index (χ2v) is 3.77. The van der Waals surface area contributed by atoms with Crippen molar-refractivity contribution in [1.82, 2.24) is 0 Å². The van der Waals surface area contributed by atoms with Crippen LogP contribution in [0.3, 0.4) is 0 Å². The molecule has 1 aromatic carbocycles. The van der Waals surface area contributed by atoms with Gasteiger partial charge in [-0.05, 0) is 18.4 Å². The molecule has 1 aliphatic rings. The summed E-state index contributed by atoms with van der Waals surface area (Å²) in [6, 6.07) is 10.3. The van der Waals surface area contributed by atoms with Crippen LogP contribution in [0.4, 0.5) is 0 Å². The van der Waals surface area contributed by atoms with E-state index in [-0.39, 0.29) is 0 Å². The topological polar surface area (TPSA) is 9.23 Å². The van der Waals surface area contributed by atoms with Crippen molar-refractivity contribution in [1.29, 1.82) is 0 Å². The first kappa shape index (κ1) is 9.47. The van der Waals surface area contributed by atoms with Crippen molar-refractivity contribution in [3.8, 4) is 0 Å². The fourth-order valence-corrected chi connectivity index (χ4v) is 1.74. The van der Waals surface area contributed by atoms with Crippen LogP contribution < -0.4 is 0 Å². The van der Waals surface area contributed by atoms with E-state index in [1.807, 2.05) is 18.2 Å². The fraction of sp³-hybridized carbons (Fsp3) is 0.385. The van der Waals surface area contributed by atoms with Gasteiger partial charge in [0.2, 0.25) is 0 Å². The molecule has 0 radical (unpaired) electrons. The molecule has 0 saturated heterocycles. The molecule has 0 amide bonds. The molecule has 0 heterocycles. The lowest BCUT2D eigenvalue weighted by Gasteiger charge is -2.08. The highest BCUT2D eigenvalue weighted by atomic mass is 16.5. The van der Waals surface area contributed by atoms with E-state index in [1.54, 1.807) is 0 Å². The third kappa shape index (κ3) is 2.71. The van der Waals surface area contributed by atoms with E-state index in [0.717, 1.165) is 13.2 Å². The van der Waals surface area contributed by atoms with Gasteiger partial charge in [-0.15, -0.1) is 0 Å². The average molecular weight is 188 g/mol. The fourth-order valence-electron chi connectivity index (χ4n) is 1.74. The maximum Gasteiger partial charge on any atom is 0.0717 e. The van der Waals surface area contributed by atoms with Crippen molar-refractivity contribution in [2.24, 2.45) is 5.92 Å². The highest BCUT2D eigenvalue weighted by Gasteiger charge is 2.08. The van der Waals surface area contributed by atoms with Gasteiger partial charge in [-0.3, -0.25) is 0 Å². The van der Waals surface area contributed by atoms with Crippen molar-refractivity contribution in [2.45, 2.75) is 19.4 Å². The molecule has 1 unspecified atom stereocenters. The van der Waals surface area contributed by atoms with Crippen LogP contribution in [-0.4, -0.2) is 6.61 Å². The quantitative estimate of drug-likeness (QED) is 0.659. The van der Waals surface area contributed by atoms with Crippen molar-refractivity contribution in [3.05, 3.63) is 48.0 Å². The average Bonchev–Trinajstić information content (AvgIpc) is 2.72. The van der Waals surface area contributed by atoms with Crippen molar-refractivity contribution in [2.75, 3.05) is 6.61 Å². The third-order valence-corrected chi connectivity index (χ3v) is 2.56. The molecule has 1 heteroatoms. The Morgan fingerprint density at radius 2 is 2.07 bits per heavy atom. The molecule has 1 atom stereocenters. The summed E-state index contributed by atoms with van der Waals surface area (Å²) in [6.45, 7) is 1.61. The van der Waals surface area contributed by atoms with E-state index in [2.05, 4.69) is 24.3 Å². The van der Waals surface area contributed by atoms with Gasteiger partial charge in [0.05, 0.1) is 13.2 Å². The van der Waals surface area contributed by atoms with Crippen LogP contribution in [0, 0.1) is 5.92 Å². The van der Waals surface area contributed by atoms with E-state index >= 15 is 0 Å². The summed E-state index contributed by atoms with van der Waals surface area (Å²) in [5.41, 5.74) is 1.26. The van der Waals surface area contributed by atoms with Crippen LogP contribution in [-0.2, 0) is 11.3 Å². The van der Waals surface area contributed by atoms with Gasteiger partial charge in [0.1, 0.15) is 0 Å². The lowest BCUT2D eigenvalue weighted by Crippen LogP contribution is -2.04. The van der Waals surface area contributed by atoms with Gasteiger partial charge in [-0.2, -0.15) is 0 Å². The summed E-state index contributed by atoms with van der Waals surface area (Å²) in [5, 5.41) is 0.